The number of pyridine rings is 12. The lowest BCUT2D eigenvalue weighted by atomic mass is 9.96. The Morgan fingerprint density at radius 3 is 0.932 bits per heavy atom. The number of nitrogens with zero attached hydrogens (tertiary/aromatic N) is 12. The molecule has 744 valence electrons. The predicted molar refractivity (Wildman–Crippen MR) is 554 cm³/mol. The molecule has 0 fully saturated rings. The van der Waals surface area contributed by atoms with Crippen LogP contribution in [0, 0.1) is 184 Å². The summed E-state index contributed by atoms with van der Waals surface area (Å²) in [4.78, 5) is 23.1. The highest BCUT2D eigenvalue weighted by atomic mass is 19.2. The van der Waals surface area contributed by atoms with Gasteiger partial charge in [0.2, 0.25) is 104 Å². The molecule has 0 radical (unpaired) electrons. The van der Waals surface area contributed by atoms with E-state index in [1.807, 2.05) is 235 Å². The molecule has 24 aromatic rings. The summed E-state index contributed by atoms with van der Waals surface area (Å²) >= 11 is 0. The number of aryl methyl sites for hydroxylation is 23. The quantitative estimate of drug-likeness (QED) is 0.0875. The smallest absolute Gasteiger partial charge is 0.232 e. The molecule has 0 saturated carbocycles. The van der Waals surface area contributed by atoms with Crippen molar-refractivity contribution in [3.8, 4) is 67.5 Å². The number of hydrogen-bond donors (Lipinski definition) is 0. The summed E-state index contributed by atoms with van der Waals surface area (Å²) in [6.45, 7) is 34.5. The number of aromatic nitrogens is 12. The van der Waals surface area contributed by atoms with E-state index < -0.39 is 53.1 Å². The van der Waals surface area contributed by atoms with Crippen LogP contribution in [-0.4, -0.2) is 29.9 Å². The van der Waals surface area contributed by atoms with Gasteiger partial charge in [0.05, 0.1) is 71.1 Å². The second-order valence-corrected chi connectivity index (χ2v) is 38.7. The van der Waals surface area contributed by atoms with Crippen molar-refractivity contribution in [1.29, 1.82) is 0 Å². The van der Waals surface area contributed by atoms with Crippen LogP contribution in [0.3, 0.4) is 0 Å². The maximum absolute atomic E-state index is 14.8. The van der Waals surface area contributed by atoms with E-state index in [4.69, 9.17) is 26.5 Å². The highest BCUT2D eigenvalue weighted by Gasteiger charge is 2.33. The van der Waals surface area contributed by atoms with E-state index in [9.17, 15) is 43.9 Å². The fourth-order valence-corrected chi connectivity index (χ4v) is 20.1. The molecular formula is C120H104F10N12O6+6. The van der Waals surface area contributed by atoms with Crippen LogP contribution in [0.2, 0.25) is 0 Å². The zero-order valence-corrected chi connectivity index (χ0v) is 86.1. The van der Waals surface area contributed by atoms with Gasteiger partial charge in [-0.25, -0.2) is 45.0 Å². The van der Waals surface area contributed by atoms with Crippen LogP contribution >= 0.6 is 0 Å². The van der Waals surface area contributed by atoms with Gasteiger partial charge in [-0.1, -0.05) is 36.4 Å². The van der Waals surface area contributed by atoms with Crippen LogP contribution in [0.5, 0.6) is 0 Å². The van der Waals surface area contributed by atoms with Crippen LogP contribution in [-0.2, 0) is 42.3 Å². The third-order valence-electron chi connectivity index (χ3n) is 27.5. The molecule has 0 spiro atoms. The van der Waals surface area contributed by atoms with E-state index in [1.54, 1.807) is 32.0 Å². The molecule has 0 aliphatic heterocycles. The summed E-state index contributed by atoms with van der Waals surface area (Å²) in [5.41, 5.74) is 31.6. The minimum atomic E-state index is -0.888. The van der Waals surface area contributed by atoms with Crippen molar-refractivity contribution in [3.63, 3.8) is 0 Å². The van der Waals surface area contributed by atoms with E-state index in [2.05, 4.69) is 109 Å². The molecule has 28 heteroatoms. The summed E-state index contributed by atoms with van der Waals surface area (Å²) in [6, 6.07) is 47.8. The molecule has 18 aromatic heterocycles. The lowest BCUT2D eigenvalue weighted by Crippen LogP contribution is -2.30. The topological polar surface area (TPSA) is 179 Å². The number of halogens is 10. The molecule has 18 nitrogen and oxygen atoms in total. The Morgan fingerprint density at radius 1 is 0.196 bits per heavy atom. The van der Waals surface area contributed by atoms with E-state index in [-0.39, 0.29) is 45.0 Å². The second-order valence-electron chi connectivity index (χ2n) is 38.7. The Morgan fingerprint density at radius 2 is 0.493 bits per heavy atom. The summed E-state index contributed by atoms with van der Waals surface area (Å²) in [7, 11) is 11.8. The fourth-order valence-electron chi connectivity index (χ4n) is 20.1. The Bertz CT molecular complexity index is 9530. The maximum Gasteiger partial charge on any atom is 0.232 e. The SMILES string of the molecule is Cc1cc[n+](C)c(-c2c(C)cc(C)c3c2oc2nc(F)cc(F)c23)c1.Cc1cc[n+](C)c(-c2c(C)cc(C)c3c2oc2nc(F)ccc23)c1.Cc1cc[n+](C)c(-c2c(C)cc(F)c3c2oc2nc(F)c(C)cc23)c1.Cc1cc[n+](C)c(-c2c(C)cc(F)c3c2oc2nc(F)cc(C)c23)c1.Cc1cc[n+](C)c(-c2c(C)ccc3c2oc2nc(F)c(C)c(F)c23)c1.Cc1cc[n+](C)c(-c2c(C)ccc3c2oc2nc(F)cc(C)c23)c1. The van der Waals surface area contributed by atoms with Gasteiger partial charge in [-0.2, -0.15) is 56.2 Å². The normalized spacial score (nSPS) is 11.6. The van der Waals surface area contributed by atoms with Crippen LogP contribution in [0.15, 0.2) is 221 Å². The van der Waals surface area contributed by atoms with Gasteiger partial charge in [0.1, 0.15) is 65.6 Å². The summed E-state index contributed by atoms with van der Waals surface area (Å²) < 4.78 is 188. The van der Waals surface area contributed by atoms with Gasteiger partial charge in [0.25, 0.3) is 0 Å². The minimum Gasteiger partial charge on any atom is -0.437 e. The van der Waals surface area contributed by atoms with Gasteiger partial charge in [-0.15, -0.1) is 0 Å². The van der Waals surface area contributed by atoms with Crippen LogP contribution in [0.25, 0.3) is 200 Å². The Hall–Kier alpha value is -16.8. The zero-order chi connectivity index (χ0) is 106. The van der Waals surface area contributed by atoms with Crippen molar-refractivity contribution in [2.45, 2.75) is 125 Å². The predicted octanol–water partition coefficient (Wildman–Crippen LogP) is 27.8. The summed E-state index contributed by atoms with van der Waals surface area (Å²) in [6.07, 6.45) is 11.9. The molecule has 0 N–H and O–H groups in total. The lowest BCUT2D eigenvalue weighted by Gasteiger charge is -2.08. The van der Waals surface area contributed by atoms with Crippen molar-refractivity contribution in [2.24, 2.45) is 42.3 Å². The van der Waals surface area contributed by atoms with Crippen LogP contribution in [0.1, 0.15) is 100 Å². The molecular weight excluding hydrogens is 1900 g/mol. The standard InChI is InChI=1S/4C20H17F2N2O.2C20H18FN2O/c1-10-5-6-24(4)15(7-10)16-11(2)9-14(21)17-13-8-12(3)19(22)23-20(13)25-18(16)17;1-10-5-6-24(4)14(7-10)16-11(2)8-13(21)18-17-12(3)9-15(22)23-20(17)25-19(16)18;1-10-5-6-24(4)14(7-10)16-11(2)8-12(3)17-18-13(21)9-15(22)23-20(18)25-19(16)17;1-10-7-8-24(4)14(9-10)15-11(2)5-6-13-16-17(21)12(3)19(22)23-20(16)25-18(13)15;1-11-7-8-23(4)15(9-11)18-13(3)10-12(2)17-14-5-6-16(21)22-20(14)24-19(17)18;1-11-7-8-23(4)15(9-11)18-12(2)5-6-14-17-13(3)10-16(21)22-20(17)24-19(14)18/h4*5-9H,1-4H3;2*5-10H,1-4H3/q6*+1. The molecule has 24 rings (SSSR count). The first-order chi connectivity index (χ1) is 70.4. The van der Waals surface area contributed by atoms with E-state index >= 15 is 0 Å². The second kappa shape index (κ2) is 38.6. The molecule has 6 aromatic carbocycles. The van der Waals surface area contributed by atoms with Gasteiger partial charge >= 0.3 is 0 Å². The average Bonchev–Trinajstić information content (AvgIpc) is 1.56. The molecule has 18 heterocycles. The monoisotopic (exact) mass is 2000 g/mol. The lowest BCUT2D eigenvalue weighted by molar-refractivity contribution is -0.660. The molecule has 0 bridgehead atoms. The number of rotatable bonds is 6. The largest absolute Gasteiger partial charge is 0.437 e. The van der Waals surface area contributed by atoms with Crippen molar-refractivity contribution >= 4 is 132 Å². The molecule has 0 saturated heterocycles. The highest BCUT2D eigenvalue weighted by molar-refractivity contribution is 6.16. The van der Waals surface area contributed by atoms with Crippen LogP contribution < -0.4 is 27.4 Å². The molecule has 0 aliphatic rings. The minimum absolute atomic E-state index is 0.0160. The van der Waals surface area contributed by atoms with Gasteiger partial charge < -0.3 is 26.5 Å². The van der Waals surface area contributed by atoms with Crippen molar-refractivity contribution in [1.82, 2.24) is 29.9 Å². The third-order valence-corrected chi connectivity index (χ3v) is 27.5. The zero-order valence-electron chi connectivity index (χ0n) is 86.1. The first-order valence-corrected chi connectivity index (χ1v) is 47.9. The first-order valence-electron chi connectivity index (χ1n) is 47.9. The summed E-state index contributed by atoms with van der Waals surface area (Å²) in [5, 5.41) is 7.09. The number of furan rings is 6. The van der Waals surface area contributed by atoms with Crippen molar-refractivity contribution in [3.05, 3.63) is 354 Å². The molecule has 148 heavy (non-hydrogen) atoms. The van der Waals surface area contributed by atoms with E-state index in [0.29, 0.717) is 77.2 Å². The third kappa shape index (κ3) is 17.9. The number of hydrogen-bond acceptors (Lipinski definition) is 12. The molecule has 0 aliphatic carbocycles. The molecule has 0 amide bonds. The maximum atomic E-state index is 14.8. The Balaban J connectivity index is 0.000000112. The first kappa shape index (κ1) is 99.9. The Kier molecular flexibility index (Phi) is 26.1. The van der Waals surface area contributed by atoms with Crippen molar-refractivity contribution < 1.29 is 97.8 Å². The van der Waals surface area contributed by atoms with Gasteiger partial charge in [-0.3, -0.25) is 0 Å². The molecule has 0 atom stereocenters. The van der Waals surface area contributed by atoms with E-state index in [0.717, 1.165) is 179 Å². The molecule has 0 unspecified atom stereocenters. The average molecular weight is 2000 g/mol. The van der Waals surface area contributed by atoms with E-state index in [1.165, 1.54) is 48.4 Å². The van der Waals surface area contributed by atoms with Crippen LogP contribution in [0.4, 0.5) is 43.9 Å². The van der Waals surface area contributed by atoms with Gasteiger partial charge in [0, 0.05) is 117 Å². The number of benzene rings is 6. The van der Waals surface area contributed by atoms with Crippen molar-refractivity contribution in [2.75, 3.05) is 0 Å². The fraction of sp³-hybridized carbons (Fsp3) is 0.200. The van der Waals surface area contributed by atoms with Gasteiger partial charge in [0.15, 0.2) is 70.7 Å². The Labute approximate surface area is 843 Å². The highest BCUT2D eigenvalue weighted by Crippen LogP contribution is 2.47. The van der Waals surface area contributed by atoms with Gasteiger partial charge in [-0.05, 0) is 256 Å². The summed E-state index contributed by atoms with van der Waals surface area (Å²) in [5.74, 6) is -6.07. The number of fused-ring (bicyclic) bond motifs is 18.